The second-order valence-corrected chi connectivity index (χ2v) is 4.26. The molecule has 3 nitrogen and oxygen atoms in total. The SMILES string of the molecule is CCNC(=NCCCN(C)C)C(C)CC. The van der Waals surface area contributed by atoms with Gasteiger partial charge in [-0.3, -0.25) is 4.99 Å². The van der Waals surface area contributed by atoms with Crippen LogP contribution in [0.25, 0.3) is 0 Å². The lowest BCUT2D eigenvalue weighted by Gasteiger charge is -2.14. The van der Waals surface area contributed by atoms with Crippen LogP contribution in [0.5, 0.6) is 0 Å². The van der Waals surface area contributed by atoms with Gasteiger partial charge >= 0.3 is 0 Å². The maximum Gasteiger partial charge on any atom is 0.0991 e. The molecule has 0 amide bonds. The number of nitrogens with one attached hydrogen (secondary N) is 1. The fourth-order valence-electron chi connectivity index (χ4n) is 1.35. The van der Waals surface area contributed by atoms with Gasteiger partial charge in [0.15, 0.2) is 0 Å². The second-order valence-electron chi connectivity index (χ2n) is 4.26. The third kappa shape index (κ3) is 7.37. The Morgan fingerprint density at radius 3 is 2.47 bits per heavy atom. The number of amidine groups is 1. The van der Waals surface area contributed by atoms with Crippen LogP contribution in [0.4, 0.5) is 0 Å². The van der Waals surface area contributed by atoms with Crippen LogP contribution in [0.3, 0.4) is 0 Å². The number of hydrogen-bond acceptors (Lipinski definition) is 2. The molecule has 0 saturated heterocycles. The summed E-state index contributed by atoms with van der Waals surface area (Å²) in [7, 11) is 4.20. The standard InChI is InChI=1S/C12H27N3/c1-6-11(3)12(13-7-2)14-9-8-10-15(4)5/h11H,6-10H2,1-5H3,(H,13,14). The first-order chi connectivity index (χ1) is 7.11. The van der Waals surface area contributed by atoms with Crippen molar-refractivity contribution in [3.8, 4) is 0 Å². The lowest BCUT2D eigenvalue weighted by atomic mass is 10.1. The average Bonchev–Trinajstić information content (AvgIpc) is 2.21. The molecule has 0 spiro atoms. The molecule has 1 atom stereocenters. The summed E-state index contributed by atoms with van der Waals surface area (Å²) in [6.45, 7) is 9.58. The van der Waals surface area contributed by atoms with Crippen LogP contribution in [0, 0.1) is 5.92 Å². The van der Waals surface area contributed by atoms with Crippen molar-refractivity contribution in [2.75, 3.05) is 33.7 Å². The highest BCUT2D eigenvalue weighted by Gasteiger charge is 2.06. The molecule has 0 aliphatic heterocycles. The molecule has 0 saturated carbocycles. The molecular formula is C12H27N3. The van der Waals surface area contributed by atoms with Gasteiger partial charge in [0.1, 0.15) is 0 Å². The van der Waals surface area contributed by atoms with Crippen LogP contribution in [-0.4, -0.2) is 44.5 Å². The molecule has 90 valence electrons. The summed E-state index contributed by atoms with van der Waals surface area (Å²) in [6.07, 6.45) is 2.29. The molecule has 3 heteroatoms. The maximum absolute atomic E-state index is 4.64. The van der Waals surface area contributed by atoms with Gasteiger partial charge in [0.25, 0.3) is 0 Å². The van der Waals surface area contributed by atoms with Crippen molar-refractivity contribution in [3.63, 3.8) is 0 Å². The van der Waals surface area contributed by atoms with E-state index in [1.54, 1.807) is 0 Å². The monoisotopic (exact) mass is 213 g/mol. The summed E-state index contributed by atoms with van der Waals surface area (Å²) >= 11 is 0. The van der Waals surface area contributed by atoms with Crippen molar-refractivity contribution in [2.45, 2.75) is 33.6 Å². The van der Waals surface area contributed by atoms with Crippen LogP contribution in [-0.2, 0) is 0 Å². The molecular weight excluding hydrogens is 186 g/mol. The van der Waals surface area contributed by atoms with Gasteiger partial charge in [-0.05, 0) is 40.4 Å². The highest BCUT2D eigenvalue weighted by atomic mass is 15.1. The van der Waals surface area contributed by atoms with E-state index in [1.807, 2.05) is 0 Å². The van der Waals surface area contributed by atoms with Gasteiger partial charge < -0.3 is 10.2 Å². The lowest BCUT2D eigenvalue weighted by molar-refractivity contribution is 0.403. The van der Waals surface area contributed by atoms with Gasteiger partial charge in [0.2, 0.25) is 0 Å². The Morgan fingerprint density at radius 2 is 2.00 bits per heavy atom. The predicted molar refractivity (Wildman–Crippen MR) is 68.6 cm³/mol. The molecule has 15 heavy (non-hydrogen) atoms. The van der Waals surface area contributed by atoms with Gasteiger partial charge in [-0.2, -0.15) is 0 Å². The van der Waals surface area contributed by atoms with E-state index in [0.29, 0.717) is 5.92 Å². The Labute approximate surface area is 95.0 Å². The average molecular weight is 213 g/mol. The topological polar surface area (TPSA) is 27.6 Å². The molecule has 0 bridgehead atoms. The van der Waals surface area contributed by atoms with E-state index in [2.05, 4.69) is 50.1 Å². The Kier molecular flexibility index (Phi) is 8.38. The third-order valence-electron chi connectivity index (χ3n) is 2.48. The summed E-state index contributed by atoms with van der Waals surface area (Å²) in [4.78, 5) is 6.84. The molecule has 0 aliphatic rings. The first-order valence-corrected chi connectivity index (χ1v) is 6.04. The first-order valence-electron chi connectivity index (χ1n) is 6.04. The smallest absolute Gasteiger partial charge is 0.0991 e. The minimum atomic E-state index is 0.560. The van der Waals surface area contributed by atoms with E-state index < -0.39 is 0 Å². The molecule has 0 aromatic carbocycles. The lowest BCUT2D eigenvalue weighted by Crippen LogP contribution is -2.29. The van der Waals surface area contributed by atoms with Crippen molar-refractivity contribution in [1.29, 1.82) is 0 Å². The molecule has 0 fully saturated rings. The van der Waals surface area contributed by atoms with E-state index in [-0.39, 0.29) is 0 Å². The quantitative estimate of drug-likeness (QED) is 0.398. The molecule has 0 aromatic heterocycles. The fourth-order valence-corrected chi connectivity index (χ4v) is 1.35. The molecule has 1 unspecified atom stereocenters. The summed E-state index contributed by atoms with van der Waals surface area (Å²) in [5.41, 5.74) is 0. The number of nitrogens with zero attached hydrogens (tertiary/aromatic N) is 2. The highest BCUT2D eigenvalue weighted by molar-refractivity contribution is 5.84. The van der Waals surface area contributed by atoms with Crippen LogP contribution < -0.4 is 5.32 Å². The summed E-state index contributed by atoms with van der Waals surface area (Å²) in [6, 6.07) is 0. The molecule has 0 rings (SSSR count). The molecule has 1 N–H and O–H groups in total. The Bertz CT molecular complexity index is 176. The van der Waals surface area contributed by atoms with Crippen LogP contribution in [0.1, 0.15) is 33.6 Å². The zero-order chi connectivity index (χ0) is 11.7. The van der Waals surface area contributed by atoms with E-state index in [1.165, 1.54) is 5.84 Å². The van der Waals surface area contributed by atoms with Gasteiger partial charge in [-0.25, -0.2) is 0 Å². The number of rotatable bonds is 7. The number of hydrogen-bond donors (Lipinski definition) is 1. The maximum atomic E-state index is 4.64. The second kappa shape index (κ2) is 8.72. The Morgan fingerprint density at radius 1 is 1.33 bits per heavy atom. The van der Waals surface area contributed by atoms with Gasteiger partial charge in [-0.15, -0.1) is 0 Å². The van der Waals surface area contributed by atoms with E-state index >= 15 is 0 Å². The van der Waals surface area contributed by atoms with Crippen molar-refractivity contribution < 1.29 is 0 Å². The van der Waals surface area contributed by atoms with Gasteiger partial charge in [0.05, 0.1) is 5.84 Å². The van der Waals surface area contributed by atoms with Crippen molar-refractivity contribution >= 4 is 5.84 Å². The van der Waals surface area contributed by atoms with Crippen LogP contribution >= 0.6 is 0 Å². The minimum absolute atomic E-state index is 0.560. The third-order valence-corrected chi connectivity index (χ3v) is 2.48. The molecule has 0 heterocycles. The first kappa shape index (κ1) is 14.4. The van der Waals surface area contributed by atoms with Gasteiger partial charge in [-0.1, -0.05) is 13.8 Å². The Balaban J connectivity index is 3.94. The largest absolute Gasteiger partial charge is 0.374 e. The summed E-state index contributed by atoms with van der Waals surface area (Å²) in [5, 5.41) is 3.36. The van der Waals surface area contributed by atoms with Crippen molar-refractivity contribution in [1.82, 2.24) is 10.2 Å². The molecule has 0 radical (unpaired) electrons. The van der Waals surface area contributed by atoms with Crippen molar-refractivity contribution in [2.24, 2.45) is 10.9 Å². The number of aliphatic imine (C=N–C) groups is 1. The summed E-state index contributed by atoms with van der Waals surface area (Å²) < 4.78 is 0. The normalized spacial score (nSPS) is 14.4. The summed E-state index contributed by atoms with van der Waals surface area (Å²) in [5.74, 6) is 1.74. The van der Waals surface area contributed by atoms with Crippen LogP contribution in [0.2, 0.25) is 0 Å². The predicted octanol–water partition coefficient (Wildman–Crippen LogP) is 1.99. The molecule has 0 aliphatic carbocycles. The molecule has 0 aromatic rings. The van der Waals surface area contributed by atoms with E-state index in [9.17, 15) is 0 Å². The van der Waals surface area contributed by atoms with Crippen molar-refractivity contribution in [3.05, 3.63) is 0 Å². The van der Waals surface area contributed by atoms with E-state index in [0.717, 1.165) is 32.5 Å². The minimum Gasteiger partial charge on any atom is -0.374 e. The van der Waals surface area contributed by atoms with E-state index in [4.69, 9.17) is 0 Å². The van der Waals surface area contributed by atoms with Gasteiger partial charge in [0, 0.05) is 19.0 Å². The zero-order valence-electron chi connectivity index (χ0n) is 11.0. The van der Waals surface area contributed by atoms with Crippen LogP contribution in [0.15, 0.2) is 4.99 Å². The fraction of sp³-hybridized carbons (Fsp3) is 0.917. The highest BCUT2D eigenvalue weighted by Crippen LogP contribution is 2.02. The Hall–Kier alpha value is -0.570. The zero-order valence-corrected chi connectivity index (χ0v) is 11.0.